The molecule has 0 aromatic carbocycles. The third-order valence-corrected chi connectivity index (χ3v) is 3.89. The maximum Gasteiger partial charge on any atom is 0.238 e. The van der Waals surface area contributed by atoms with Crippen molar-refractivity contribution in [1.82, 2.24) is 4.98 Å². The molecule has 110 valence electrons. The summed E-state index contributed by atoms with van der Waals surface area (Å²) < 4.78 is 0. The van der Waals surface area contributed by atoms with E-state index in [9.17, 15) is 4.79 Å². The van der Waals surface area contributed by atoms with E-state index in [2.05, 4.69) is 10.3 Å². The molecule has 0 aliphatic heterocycles. The minimum atomic E-state index is -0.775. The van der Waals surface area contributed by atoms with E-state index in [0.717, 1.165) is 18.4 Å². The normalized spacial score (nSPS) is 11.2. The van der Waals surface area contributed by atoms with Crippen LogP contribution in [-0.2, 0) is 4.79 Å². The fraction of sp³-hybridized carbons (Fsp3) is 0.533. The maximum atomic E-state index is 12.7. The van der Waals surface area contributed by atoms with E-state index in [0.29, 0.717) is 18.7 Å². The Hall–Kier alpha value is -1.49. The Labute approximate surface area is 126 Å². The SMILES string of the molecule is CCCC(CCC)(C(=O)Nc1ncccc1C)C(N)=S. The first-order valence-electron chi connectivity index (χ1n) is 7.01. The number of nitrogens with two attached hydrogens (primary N) is 1. The molecule has 0 atom stereocenters. The molecule has 0 saturated carbocycles. The lowest BCUT2D eigenvalue weighted by atomic mass is 9.78. The minimum Gasteiger partial charge on any atom is -0.392 e. The first kappa shape index (κ1) is 16.6. The second-order valence-corrected chi connectivity index (χ2v) is 5.51. The standard InChI is InChI=1S/C15H23N3OS/c1-4-8-15(9-5-2,13(16)20)14(19)18-12-11(3)7-6-10-17-12/h6-7,10H,4-5,8-9H2,1-3H3,(H2,16,20)(H,17,18,19). The summed E-state index contributed by atoms with van der Waals surface area (Å²) in [5.41, 5.74) is 6.03. The van der Waals surface area contributed by atoms with Gasteiger partial charge in [-0.25, -0.2) is 4.98 Å². The lowest BCUT2D eigenvalue weighted by molar-refractivity contribution is -0.122. The van der Waals surface area contributed by atoms with Crippen LogP contribution in [0.3, 0.4) is 0 Å². The molecule has 0 fully saturated rings. The Morgan fingerprint density at radius 2 is 2.00 bits per heavy atom. The number of carbonyl (C=O) groups is 1. The highest BCUT2D eigenvalue weighted by Crippen LogP contribution is 2.32. The molecule has 0 aliphatic carbocycles. The third kappa shape index (κ3) is 3.54. The van der Waals surface area contributed by atoms with Crippen molar-refractivity contribution in [2.45, 2.75) is 46.5 Å². The topological polar surface area (TPSA) is 68.0 Å². The molecule has 0 radical (unpaired) electrons. The zero-order chi connectivity index (χ0) is 15.2. The van der Waals surface area contributed by atoms with E-state index in [4.69, 9.17) is 18.0 Å². The number of hydrogen-bond donors (Lipinski definition) is 2. The van der Waals surface area contributed by atoms with Crippen LogP contribution >= 0.6 is 12.2 Å². The van der Waals surface area contributed by atoms with Crippen molar-refractivity contribution in [2.75, 3.05) is 5.32 Å². The Bertz CT molecular complexity index is 482. The average Bonchev–Trinajstić information content (AvgIpc) is 2.40. The number of rotatable bonds is 7. The molecule has 1 amide bonds. The van der Waals surface area contributed by atoms with Crippen molar-refractivity contribution < 1.29 is 4.79 Å². The summed E-state index contributed by atoms with van der Waals surface area (Å²) in [5, 5.41) is 2.88. The molecular formula is C15H23N3OS. The number of carbonyl (C=O) groups excluding carboxylic acids is 1. The molecule has 1 rings (SSSR count). The quantitative estimate of drug-likeness (QED) is 0.758. The minimum absolute atomic E-state index is 0.143. The van der Waals surface area contributed by atoms with Crippen LogP contribution in [0.15, 0.2) is 18.3 Å². The van der Waals surface area contributed by atoms with Gasteiger partial charge in [-0.05, 0) is 31.4 Å². The summed E-state index contributed by atoms with van der Waals surface area (Å²) in [5.74, 6) is 0.431. The van der Waals surface area contributed by atoms with Gasteiger partial charge < -0.3 is 11.1 Å². The van der Waals surface area contributed by atoms with Crippen LogP contribution in [0, 0.1) is 12.3 Å². The lowest BCUT2D eigenvalue weighted by Gasteiger charge is -2.31. The van der Waals surface area contributed by atoms with E-state index < -0.39 is 5.41 Å². The van der Waals surface area contributed by atoms with Crippen LogP contribution in [0.2, 0.25) is 0 Å². The van der Waals surface area contributed by atoms with E-state index >= 15 is 0 Å². The van der Waals surface area contributed by atoms with Crippen molar-refractivity contribution in [1.29, 1.82) is 0 Å². The van der Waals surface area contributed by atoms with Gasteiger partial charge in [0.2, 0.25) is 5.91 Å². The molecule has 0 aliphatic rings. The van der Waals surface area contributed by atoms with Crippen molar-refractivity contribution in [3.05, 3.63) is 23.9 Å². The fourth-order valence-corrected chi connectivity index (χ4v) is 2.70. The van der Waals surface area contributed by atoms with Crippen molar-refractivity contribution in [3.63, 3.8) is 0 Å². The lowest BCUT2D eigenvalue weighted by Crippen LogP contribution is -2.46. The Kier molecular flexibility index (Phi) is 6.07. The number of nitrogens with zero attached hydrogens (tertiary/aromatic N) is 1. The zero-order valence-corrected chi connectivity index (χ0v) is 13.2. The van der Waals surface area contributed by atoms with Crippen LogP contribution in [-0.4, -0.2) is 15.9 Å². The van der Waals surface area contributed by atoms with Crippen LogP contribution in [0.5, 0.6) is 0 Å². The summed E-state index contributed by atoms with van der Waals surface area (Å²) in [6.45, 7) is 5.97. The summed E-state index contributed by atoms with van der Waals surface area (Å²) in [6, 6.07) is 3.74. The predicted octanol–water partition coefficient (Wildman–Crippen LogP) is 3.20. The molecule has 0 saturated heterocycles. The van der Waals surface area contributed by atoms with Crippen LogP contribution in [0.25, 0.3) is 0 Å². The molecule has 20 heavy (non-hydrogen) atoms. The van der Waals surface area contributed by atoms with Gasteiger partial charge >= 0.3 is 0 Å². The maximum absolute atomic E-state index is 12.7. The fourth-order valence-electron chi connectivity index (χ4n) is 2.41. The summed E-state index contributed by atoms with van der Waals surface area (Å²) in [4.78, 5) is 17.2. The third-order valence-electron chi connectivity index (χ3n) is 3.50. The van der Waals surface area contributed by atoms with Crippen molar-refractivity contribution in [2.24, 2.45) is 11.1 Å². The van der Waals surface area contributed by atoms with Gasteiger partial charge in [0.1, 0.15) is 5.82 Å². The number of anilines is 1. The summed E-state index contributed by atoms with van der Waals surface area (Å²) in [7, 11) is 0. The Morgan fingerprint density at radius 1 is 1.40 bits per heavy atom. The molecule has 0 bridgehead atoms. The number of pyridine rings is 1. The molecule has 0 spiro atoms. The van der Waals surface area contributed by atoms with Gasteiger partial charge in [0.15, 0.2) is 0 Å². The summed E-state index contributed by atoms with van der Waals surface area (Å²) in [6.07, 6.45) is 4.68. The predicted molar refractivity (Wildman–Crippen MR) is 86.6 cm³/mol. The highest BCUT2D eigenvalue weighted by Gasteiger charge is 2.40. The monoisotopic (exact) mass is 293 g/mol. The Morgan fingerprint density at radius 3 is 2.45 bits per heavy atom. The molecule has 5 heteroatoms. The second kappa shape index (κ2) is 7.33. The number of hydrogen-bond acceptors (Lipinski definition) is 3. The van der Waals surface area contributed by atoms with Crippen LogP contribution in [0.4, 0.5) is 5.82 Å². The molecule has 3 N–H and O–H groups in total. The molecule has 1 aromatic heterocycles. The van der Waals surface area contributed by atoms with Gasteiger partial charge in [0.05, 0.1) is 10.4 Å². The van der Waals surface area contributed by atoms with E-state index in [1.54, 1.807) is 6.20 Å². The highest BCUT2D eigenvalue weighted by molar-refractivity contribution is 7.80. The van der Waals surface area contributed by atoms with Crippen molar-refractivity contribution in [3.8, 4) is 0 Å². The van der Waals surface area contributed by atoms with Gasteiger partial charge in [0, 0.05) is 6.20 Å². The van der Waals surface area contributed by atoms with Crippen LogP contribution in [0.1, 0.15) is 45.1 Å². The number of nitrogens with one attached hydrogen (secondary N) is 1. The number of amides is 1. The van der Waals surface area contributed by atoms with Gasteiger partial charge in [-0.3, -0.25) is 4.79 Å². The van der Waals surface area contributed by atoms with Gasteiger partial charge in [0.25, 0.3) is 0 Å². The summed E-state index contributed by atoms with van der Waals surface area (Å²) >= 11 is 5.18. The smallest absolute Gasteiger partial charge is 0.238 e. The largest absolute Gasteiger partial charge is 0.392 e. The molecule has 4 nitrogen and oxygen atoms in total. The first-order chi connectivity index (χ1) is 9.47. The van der Waals surface area contributed by atoms with Crippen molar-refractivity contribution >= 4 is 28.9 Å². The van der Waals surface area contributed by atoms with Gasteiger partial charge in [-0.2, -0.15) is 0 Å². The second-order valence-electron chi connectivity index (χ2n) is 5.07. The van der Waals surface area contributed by atoms with Gasteiger partial charge in [-0.15, -0.1) is 0 Å². The van der Waals surface area contributed by atoms with E-state index in [1.165, 1.54) is 0 Å². The van der Waals surface area contributed by atoms with E-state index in [1.807, 2.05) is 32.9 Å². The highest BCUT2D eigenvalue weighted by atomic mass is 32.1. The first-order valence-corrected chi connectivity index (χ1v) is 7.41. The van der Waals surface area contributed by atoms with Gasteiger partial charge in [-0.1, -0.05) is 45.0 Å². The van der Waals surface area contributed by atoms with E-state index in [-0.39, 0.29) is 10.9 Å². The van der Waals surface area contributed by atoms with Crippen LogP contribution < -0.4 is 11.1 Å². The zero-order valence-electron chi connectivity index (χ0n) is 12.4. The Balaban J connectivity index is 3.05. The molecule has 0 unspecified atom stereocenters. The molecular weight excluding hydrogens is 270 g/mol. The average molecular weight is 293 g/mol. The molecule has 1 aromatic rings. The number of aryl methyl sites for hydroxylation is 1. The number of aromatic nitrogens is 1. The number of thiocarbonyl (C=S) groups is 1. The molecule has 1 heterocycles.